The fourth-order valence-electron chi connectivity index (χ4n) is 1.76. The topological polar surface area (TPSA) is 30.5 Å². The van der Waals surface area contributed by atoms with Gasteiger partial charge in [0.1, 0.15) is 11.5 Å². The fraction of sp³-hybridized carbons (Fsp3) is 0.455. The molecule has 0 unspecified atom stereocenters. The molecule has 14 heavy (non-hydrogen) atoms. The van der Waals surface area contributed by atoms with E-state index in [0.717, 1.165) is 30.0 Å². The molecule has 0 radical (unpaired) electrons. The number of nitrogens with one attached hydrogen (secondary N) is 1. The first kappa shape index (κ1) is 9.34. The minimum absolute atomic E-state index is 0.390. The van der Waals surface area contributed by atoms with Crippen molar-refractivity contribution in [2.75, 3.05) is 20.8 Å². The molecule has 0 saturated carbocycles. The lowest BCUT2D eigenvalue weighted by Crippen LogP contribution is -2.35. The van der Waals surface area contributed by atoms with E-state index < -0.39 is 0 Å². The summed E-state index contributed by atoms with van der Waals surface area (Å²) in [6.07, 6.45) is 1.15. The van der Waals surface area contributed by atoms with Crippen molar-refractivity contribution in [3.8, 4) is 11.5 Å². The van der Waals surface area contributed by atoms with Gasteiger partial charge in [0.05, 0.1) is 19.8 Å². The van der Waals surface area contributed by atoms with Crippen molar-refractivity contribution >= 4 is 0 Å². The quantitative estimate of drug-likeness (QED) is 0.793. The molecule has 1 fully saturated rings. The summed E-state index contributed by atoms with van der Waals surface area (Å²) in [5, 5.41) is 3.35. The lowest BCUT2D eigenvalue weighted by molar-refractivity contribution is 0.330. The van der Waals surface area contributed by atoms with Gasteiger partial charge in [0.2, 0.25) is 0 Å². The average molecular weight is 193 g/mol. The minimum Gasteiger partial charge on any atom is -0.496 e. The summed E-state index contributed by atoms with van der Waals surface area (Å²) in [6, 6.07) is 6.27. The van der Waals surface area contributed by atoms with Crippen LogP contribution in [0, 0.1) is 0 Å². The second-order valence-electron chi connectivity index (χ2n) is 3.37. The molecular weight excluding hydrogens is 178 g/mol. The summed E-state index contributed by atoms with van der Waals surface area (Å²) in [4.78, 5) is 0. The second kappa shape index (κ2) is 3.88. The van der Waals surface area contributed by atoms with Crippen LogP contribution >= 0.6 is 0 Å². The summed E-state index contributed by atoms with van der Waals surface area (Å²) in [5.74, 6) is 1.81. The van der Waals surface area contributed by atoms with Crippen LogP contribution in [0.5, 0.6) is 11.5 Å². The molecule has 0 aromatic heterocycles. The van der Waals surface area contributed by atoms with Crippen LogP contribution in [-0.2, 0) is 0 Å². The first-order valence-corrected chi connectivity index (χ1v) is 4.81. The lowest BCUT2D eigenvalue weighted by Gasteiger charge is -2.30. The van der Waals surface area contributed by atoms with Crippen molar-refractivity contribution in [1.29, 1.82) is 0 Å². The molecule has 1 aromatic carbocycles. The molecule has 1 aliphatic rings. The van der Waals surface area contributed by atoms with E-state index in [0.29, 0.717) is 6.04 Å². The molecule has 1 atom stereocenters. The molecule has 0 amide bonds. The van der Waals surface area contributed by atoms with Gasteiger partial charge in [0, 0.05) is 6.04 Å². The van der Waals surface area contributed by atoms with Crippen LogP contribution in [0.25, 0.3) is 0 Å². The predicted molar refractivity (Wildman–Crippen MR) is 54.9 cm³/mol. The SMILES string of the molecule is COc1cccc(OC)c1[C@H]1CCN1. The summed E-state index contributed by atoms with van der Waals surface area (Å²) >= 11 is 0. The number of methoxy groups -OCH3 is 2. The van der Waals surface area contributed by atoms with E-state index in [1.165, 1.54) is 0 Å². The number of rotatable bonds is 3. The first-order chi connectivity index (χ1) is 6.86. The van der Waals surface area contributed by atoms with Crippen molar-refractivity contribution in [3.63, 3.8) is 0 Å². The minimum atomic E-state index is 0.390. The maximum atomic E-state index is 5.32. The Bertz CT molecular complexity index is 299. The molecule has 76 valence electrons. The van der Waals surface area contributed by atoms with Crippen LogP contribution in [0.1, 0.15) is 18.0 Å². The smallest absolute Gasteiger partial charge is 0.127 e. The van der Waals surface area contributed by atoms with Crippen molar-refractivity contribution < 1.29 is 9.47 Å². The Labute approximate surface area is 84.0 Å². The number of benzene rings is 1. The molecular formula is C11H15NO2. The zero-order chi connectivity index (χ0) is 9.97. The molecule has 1 aromatic rings. The van der Waals surface area contributed by atoms with Crippen LogP contribution < -0.4 is 14.8 Å². The number of hydrogen-bond acceptors (Lipinski definition) is 3. The molecule has 3 nitrogen and oxygen atoms in total. The third-order valence-electron chi connectivity index (χ3n) is 2.64. The highest BCUT2D eigenvalue weighted by atomic mass is 16.5. The van der Waals surface area contributed by atoms with Crippen molar-refractivity contribution in [1.82, 2.24) is 5.32 Å². The third-order valence-corrected chi connectivity index (χ3v) is 2.64. The molecule has 1 saturated heterocycles. The highest BCUT2D eigenvalue weighted by Gasteiger charge is 2.25. The van der Waals surface area contributed by atoms with Crippen LogP contribution in [0.4, 0.5) is 0 Å². The van der Waals surface area contributed by atoms with E-state index in [4.69, 9.17) is 9.47 Å². The maximum absolute atomic E-state index is 5.32. The van der Waals surface area contributed by atoms with E-state index in [1.54, 1.807) is 14.2 Å². The van der Waals surface area contributed by atoms with Crippen LogP contribution in [-0.4, -0.2) is 20.8 Å². The van der Waals surface area contributed by atoms with E-state index in [-0.39, 0.29) is 0 Å². The maximum Gasteiger partial charge on any atom is 0.127 e. The molecule has 3 heteroatoms. The number of ether oxygens (including phenoxy) is 2. The van der Waals surface area contributed by atoms with Gasteiger partial charge in [-0.15, -0.1) is 0 Å². The van der Waals surface area contributed by atoms with Crippen molar-refractivity contribution in [2.24, 2.45) is 0 Å². The Morgan fingerprint density at radius 3 is 2.14 bits per heavy atom. The normalized spacial score (nSPS) is 20.0. The Hall–Kier alpha value is -1.22. The number of hydrogen-bond donors (Lipinski definition) is 1. The lowest BCUT2D eigenvalue weighted by atomic mass is 9.96. The van der Waals surface area contributed by atoms with Gasteiger partial charge in [-0.2, -0.15) is 0 Å². The van der Waals surface area contributed by atoms with Gasteiger partial charge in [-0.3, -0.25) is 0 Å². The molecule has 1 N–H and O–H groups in total. The Morgan fingerprint density at radius 2 is 1.79 bits per heavy atom. The van der Waals surface area contributed by atoms with Crippen LogP contribution in [0.2, 0.25) is 0 Å². The molecule has 2 rings (SSSR count). The van der Waals surface area contributed by atoms with Crippen LogP contribution in [0.3, 0.4) is 0 Å². The standard InChI is InChI=1S/C11H15NO2/c1-13-9-4-3-5-10(14-2)11(9)8-6-7-12-8/h3-5,8,12H,6-7H2,1-2H3/t8-/m1/s1. The molecule has 0 bridgehead atoms. The monoisotopic (exact) mass is 193 g/mol. The average Bonchev–Trinajstić information content (AvgIpc) is 2.15. The van der Waals surface area contributed by atoms with Gasteiger partial charge < -0.3 is 14.8 Å². The fourth-order valence-corrected chi connectivity index (χ4v) is 1.76. The van der Waals surface area contributed by atoms with E-state index >= 15 is 0 Å². The summed E-state index contributed by atoms with van der Waals surface area (Å²) in [5.41, 5.74) is 1.14. The van der Waals surface area contributed by atoms with Gasteiger partial charge in [-0.1, -0.05) is 6.07 Å². The first-order valence-electron chi connectivity index (χ1n) is 4.81. The van der Waals surface area contributed by atoms with Crippen LogP contribution in [0.15, 0.2) is 18.2 Å². The van der Waals surface area contributed by atoms with Gasteiger partial charge in [-0.25, -0.2) is 0 Å². The molecule has 1 heterocycles. The van der Waals surface area contributed by atoms with Gasteiger partial charge >= 0.3 is 0 Å². The summed E-state index contributed by atoms with van der Waals surface area (Å²) < 4.78 is 10.6. The van der Waals surface area contributed by atoms with Crippen molar-refractivity contribution in [2.45, 2.75) is 12.5 Å². The highest BCUT2D eigenvalue weighted by Crippen LogP contribution is 2.37. The molecule has 0 aliphatic carbocycles. The molecule has 0 spiro atoms. The van der Waals surface area contributed by atoms with E-state index in [1.807, 2.05) is 18.2 Å². The third kappa shape index (κ3) is 1.44. The van der Waals surface area contributed by atoms with Crippen molar-refractivity contribution in [3.05, 3.63) is 23.8 Å². The zero-order valence-electron chi connectivity index (χ0n) is 8.54. The van der Waals surface area contributed by atoms with Gasteiger partial charge in [0.25, 0.3) is 0 Å². The Balaban J connectivity index is 2.39. The Morgan fingerprint density at radius 1 is 1.21 bits per heavy atom. The predicted octanol–water partition coefficient (Wildman–Crippen LogP) is 1.74. The molecule has 1 aliphatic heterocycles. The van der Waals surface area contributed by atoms with Gasteiger partial charge in [0.15, 0.2) is 0 Å². The second-order valence-corrected chi connectivity index (χ2v) is 3.37. The van der Waals surface area contributed by atoms with E-state index in [9.17, 15) is 0 Å². The zero-order valence-corrected chi connectivity index (χ0v) is 8.54. The Kier molecular flexibility index (Phi) is 2.59. The summed E-state index contributed by atoms with van der Waals surface area (Å²) in [6.45, 7) is 1.08. The van der Waals surface area contributed by atoms with Gasteiger partial charge in [-0.05, 0) is 25.1 Å². The largest absolute Gasteiger partial charge is 0.496 e. The van der Waals surface area contributed by atoms with E-state index in [2.05, 4.69) is 5.32 Å². The summed E-state index contributed by atoms with van der Waals surface area (Å²) in [7, 11) is 3.38. The highest BCUT2D eigenvalue weighted by molar-refractivity contribution is 5.47.